The topological polar surface area (TPSA) is 48.5 Å². The van der Waals surface area contributed by atoms with Crippen LogP contribution in [0.4, 0.5) is 5.69 Å². The van der Waals surface area contributed by atoms with Gasteiger partial charge in [0.15, 0.2) is 5.17 Å². The van der Waals surface area contributed by atoms with E-state index in [9.17, 15) is 4.79 Å². The summed E-state index contributed by atoms with van der Waals surface area (Å²) in [5.41, 5.74) is 2.92. The van der Waals surface area contributed by atoms with Gasteiger partial charge >= 0.3 is 0 Å². The summed E-state index contributed by atoms with van der Waals surface area (Å²) in [5.74, 6) is -0.0408. The van der Waals surface area contributed by atoms with Crippen LogP contribution in [0.3, 0.4) is 0 Å². The minimum Gasteiger partial charge on any atom is -0.361 e. The number of rotatable bonds is 2. The number of thioether (sulfide) groups is 1. The van der Waals surface area contributed by atoms with Gasteiger partial charge in [-0.05, 0) is 59.1 Å². The number of fused-ring (bicyclic) bond motifs is 1. The fourth-order valence-corrected chi connectivity index (χ4v) is 3.68. The fourth-order valence-electron chi connectivity index (χ4n) is 2.74. The standard InChI is InChI=1S/C19H15N3OS/c1-20-19-22(15-5-3-2-4-6-15)18(23)17(24-19)12-13-7-8-16-14(11-13)9-10-21-16/h2-12,21H,1H3. The molecule has 0 atom stereocenters. The lowest BCUT2D eigenvalue weighted by atomic mass is 10.1. The summed E-state index contributed by atoms with van der Waals surface area (Å²) in [6.07, 6.45) is 3.84. The molecule has 1 amide bonds. The molecule has 118 valence electrons. The Kier molecular flexibility index (Phi) is 3.70. The van der Waals surface area contributed by atoms with Crippen molar-refractivity contribution in [1.29, 1.82) is 0 Å². The highest BCUT2D eigenvalue weighted by Gasteiger charge is 2.34. The number of nitrogens with one attached hydrogen (secondary N) is 1. The van der Waals surface area contributed by atoms with Crippen LogP contribution >= 0.6 is 11.8 Å². The molecule has 1 fully saturated rings. The normalized spacial score (nSPS) is 18.2. The number of aromatic amines is 1. The molecule has 4 nitrogen and oxygen atoms in total. The van der Waals surface area contributed by atoms with Gasteiger partial charge in [-0.15, -0.1) is 0 Å². The summed E-state index contributed by atoms with van der Waals surface area (Å²) in [5, 5.41) is 1.82. The van der Waals surface area contributed by atoms with Gasteiger partial charge in [-0.1, -0.05) is 24.3 Å². The van der Waals surface area contributed by atoms with E-state index in [2.05, 4.69) is 16.0 Å². The second-order valence-corrected chi connectivity index (χ2v) is 6.43. The Morgan fingerprint density at radius 1 is 1.12 bits per heavy atom. The molecule has 1 aliphatic heterocycles. The number of anilines is 1. The average Bonchev–Trinajstić information content (AvgIpc) is 3.20. The zero-order chi connectivity index (χ0) is 16.5. The van der Waals surface area contributed by atoms with E-state index in [1.165, 1.54) is 11.8 Å². The van der Waals surface area contributed by atoms with Crippen LogP contribution in [0.15, 0.2) is 70.7 Å². The summed E-state index contributed by atoms with van der Waals surface area (Å²) in [7, 11) is 1.71. The molecule has 24 heavy (non-hydrogen) atoms. The molecule has 1 N–H and O–H groups in total. The minimum absolute atomic E-state index is 0.0408. The van der Waals surface area contributed by atoms with Crippen molar-refractivity contribution in [1.82, 2.24) is 4.98 Å². The molecule has 0 unspecified atom stereocenters. The van der Waals surface area contributed by atoms with Crippen molar-refractivity contribution in [3.63, 3.8) is 0 Å². The highest BCUT2D eigenvalue weighted by Crippen LogP contribution is 2.35. The van der Waals surface area contributed by atoms with Crippen LogP contribution in [-0.4, -0.2) is 23.1 Å². The lowest BCUT2D eigenvalue weighted by Gasteiger charge is -2.14. The predicted octanol–water partition coefficient (Wildman–Crippen LogP) is 4.27. The zero-order valence-electron chi connectivity index (χ0n) is 13.1. The Balaban J connectivity index is 1.72. The van der Waals surface area contributed by atoms with Crippen molar-refractivity contribution >= 4 is 45.5 Å². The Labute approximate surface area is 143 Å². The second-order valence-electron chi connectivity index (χ2n) is 5.42. The summed E-state index contributed by atoms with van der Waals surface area (Å²) in [6, 6.07) is 17.7. The first-order valence-electron chi connectivity index (χ1n) is 7.59. The number of para-hydroxylation sites is 1. The predicted molar refractivity (Wildman–Crippen MR) is 101 cm³/mol. The van der Waals surface area contributed by atoms with E-state index < -0.39 is 0 Å². The average molecular weight is 333 g/mol. The first kappa shape index (κ1) is 14.8. The molecular formula is C19H15N3OS. The lowest BCUT2D eigenvalue weighted by molar-refractivity contribution is -0.113. The van der Waals surface area contributed by atoms with Gasteiger partial charge in [0.1, 0.15) is 0 Å². The monoisotopic (exact) mass is 333 g/mol. The van der Waals surface area contributed by atoms with Gasteiger partial charge in [-0.3, -0.25) is 14.7 Å². The zero-order valence-corrected chi connectivity index (χ0v) is 13.9. The van der Waals surface area contributed by atoms with Gasteiger partial charge in [0.25, 0.3) is 5.91 Å². The maximum atomic E-state index is 12.8. The van der Waals surface area contributed by atoms with Crippen LogP contribution in [0.5, 0.6) is 0 Å². The number of hydrogen-bond acceptors (Lipinski definition) is 3. The van der Waals surface area contributed by atoms with E-state index in [4.69, 9.17) is 0 Å². The van der Waals surface area contributed by atoms with E-state index in [1.807, 2.05) is 60.8 Å². The van der Waals surface area contributed by atoms with Gasteiger partial charge in [0.05, 0.1) is 10.6 Å². The van der Waals surface area contributed by atoms with Crippen molar-refractivity contribution < 1.29 is 4.79 Å². The van der Waals surface area contributed by atoms with E-state index >= 15 is 0 Å². The largest absolute Gasteiger partial charge is 0.361 e. The number of benzene rings is 2. The maximum Gasteiger partial charge on any atom is 0.271 e. The summed E-state index contributed by atoms with van der Waals surface area (Å²) < 4.78 is 0. The molecule has 1 aromatic heterocycles. The number of aromatic nitrogens is 1. The van der Waals surface area contributed by atoms with Crippen LogP contribution in [0.25, 0.3) is 17.0 Å². The highest BCUT2D eigenvalue weighted by molar-refractivity contribution is 8.19. The Hall–Kier alpha value is -2.79. The van der Waals surface area contributed by atoms with Gasteiger partial charge in [0.2, 0.25) is 0 Å². The molecule has 0 saturated carbocycles. The van der Waals surface area contributed by atoms with Crippen LogP contribution in [0.2, 0.25) is 0 Å². The SMILES string of the molecule is CN=C1SC(=Cc2ccc3[nH]ccc3c2)C(=O)N1c1ccccc1. The number of amidine groups is 1. The van der Waals surface area contributed by atoms with Crippen molar-refractivity contribution in [2.45, 2.75) is 0 Å². The van der Waals surface area contributed by atoms with Crippen molar-refractivity contribution in [3.8, 4) is 0 Å². The molecule has 2 aromatic carbocycles. The van der Waals surface area contributed by atoms with E-state index in [-0.39, 0.29) is 5.91 Å². The molecule has 1 aliphatic rings. The van der Waals surface area contributed by atoms with Gasteiger partial charge in [-0.25, -0.2) is 0 Å². The number of carbonyl (C=O) groups is 1. The van der Waals surface area contributed by atoms with Gasteiger partial charge in [0, 0.05) is 18.8 Å². The maximum absolute atomic E-state index is 12.8. The number of nitrogens with zero attached hydrogens (tertiary/aromatic N) is 2. The Morgan fingerprint density at radius 2 is 1.96 bits per heavy atom. The lowest BCUT2D eigenvalue weighted by Crippen LogP contribution is -2.28. The van der Waals surface area contributed by atoms with Crippen LogP contribution in [-0.2, 0) is 4.79 Å². The van der Waals surface area contributed by atoms with Crippen molar-refractivity contribution in [3.05, 3.63) is 71.3 Å². The molecule has 2 heterocycles. The third-order valence-electron chi connectivity index (χ3n) is 3.89. The Bertz CT molecular complexity index is 972. The summed E-state index contributed by atoms with van der Waals surface area (Å²) in [4.78, 5) is 22.6. The van der Waals surface area contributed by atoms with Crippen molar-refractivity contribution in [2.75, 3.05) is 11.9 Å². The van der Waals surface area contributed by atoms with Crippen LogP contribution in [0.1, 0.15) is 5.56 Å². The number of amides is 1. The number of aliphatic imine (C=N–C) groups is 1. The van der Waals surface area contributed by atoms with Gasteiger partial charge in [-0.2, -0.15) is 0 Å². The third kappa shape index (κ3) is 2.53. The van der Waals surface area contributed by atoms with E-state index in [0.717, 1.165) is 22.2 Å². The first-order valence-corrected chi connectivity index (χ1v) is 8.41. The molecule has 4 rings (SSSR count). The number of carbonyl (C=O) groups excluding carboxylic acids is 1. The fraction of sp³-hybridized carbons (Fsp3) is 0.0526. The molecule has 0 bridgehead atoms. The number of H-pyrrole nitrogens is 1. The molecule has 5 heteroatoms. The van der Waals surface area contributed by atoms with Crippen molar-refractivity contribution in [2.24, 2.45) is 4.99 Å². The third-order valence-corrected chi connectivity index (χ3v) is 4.95. The Morgan fingerprint density at radius 3 is 2.75 bits per heavy atom. The first-order chi connectivity index (χ1) is 11.8. The van der Waals surface area contributed by atoms with Gasteiger partial charge < -0.3 is 4.98 Å². The molecular weight excluding hydrogens is 318 g/mol. The summed E-state index contributed by atoms with van der Waals surface area (Å²) >= 11 is 1.40. The molecule has 0 spiro atoms. The molecule has 0 aliphatic carbocycles. The minimum atomic E-state index is -0.0408. The molecule has 1 saturated heterocycles. The summed E-state index contributed by atoms with van der Waals surface area (Å²) in [6.45, 7) is 0. The van der Waals surface area contributed by atoms with E-state index in [1.54, 1.807) is 11.9 Å². The molecule has 0 radical (unpaired) electrons. The van der Waals surface area contributed by atoms with Crippen LogP contribution < -0.4 is 4.90 Å². The second kappa shape index (κ2) is 6.02. The molecule has 3 aromatic rings. The van der Waals surface area contributed by atoms with Crippen LogP contribution in [0, 0.1) is 0 Å². The van der Waals surface area contributed by atoms with E-state index in [0.29, 0.717) is 10.1 Å². The quantitative estimate of drug-likeness (QED) is 0.712. The highest BCUT2D eigenvalue weighted by atomic mass is 32.2. The smallest absolute Gasteiger partial charge is 0.271 e. The number of hydrogen-bond donors (Lipinski definition) is 1.